The Hall–Kier alpha value is -2.88. The van der Waals surface area contributed by atoms with E-state index >= 15 is 0 Å². The van der Waals surface area contributed by atoms with Crippen molar-refractivity contribution in [3.8, 4) is 23.0 Å². The van der Waals surface area contributed by atoms with Crippen LogP contribution in [0.3, 0.4) is 0 Å². The molecule has 0 aliphatic heterocycles. The van der Waals surface area contributed by atoms with E-state index in [0.29, 0.717) is 41.9 Å². The van der Waals surface area contributed by atoms with Crippen LogP contribution in [-0.4, -0.2) is 24.4 Å². The van der Waals surface area contributed by atoms with Gasteiger partial charge in [0.05, 0.1) is 14.2 Å². The van der Waals surface area contributed by atoms with Gasteiger partial charge in [0.25, 0.3) is 0 Å². The number of methoxy groups -OCH3 is 2. The minimum Gasteiger partial charge on any atom is -0.504 e. The molecule has 4 heteroatoms. The van der Waals surface area contributed by atoms with Crippen molar-refractivity contribution in [1.82, 2.24) is 0 Å². The maximum atomic E-state index is 10.6. The second kappa shape index (κ2) is 8.29. The van der Waals surface area contributed by atoms with Gasteiger partial charge in [0.2, 0.25) is 0 Å². The first-order valence-corrected chi connectivity index (χ1v) is 8.04. The van der Waals surface area contributed by atoms with Crippen molar-refractivity contribution in [3.05, 3.63) is 71.8 Å². The van der Waals surface area contributed by atoms with E-state index in [-0.39, 0.29) is 11.5 Å². The van der Waals surface area contributed by atoms with Crippen LogP contribution in [0, 0.1) is 0 Å². The van der Waals surface area contributed by atoms with Crippen molar-refractivity contribution >= 4 is 0 Å². The zero-order valence-electron chi connectivity index (χ0n) is 14.7. The number of benzene rings is 2. The molecular formula is C21H24O4. The molecule has 2 aromatic carbocycles. The summed E-state index contributed by atoms with van der Waals surface area (Å²) < 4.78 is 10.5. The highest BCUT2D eigenvalue weighted by atomic mass is 16.5. The molecule has 0 unspecified atom stereocenters. The summed E-state index contributed by atoms with van der Waals surface area (Å²) in [6.07, 6.45) is 5.11. The van der Waals surface area contributed by atoms with Crippen molar-refractivity contribution in [2.24, 2.45) is 0 Å². The third-order valence-corrected chi connectivity index (χ3v) is 4.21. The van der Waals surface area contributed by atoms with Crippen LogP contribution in [0.5, 0.6) is 23.0 Å². The van der Waals surface area contributed by atoms with Crippen molar-refractivity contribution in [2.45, 2.75) is 19.3 Å². The summed E-state index contributed by atoms with van der Waals surface area (Å²) >= 11 is 0. The second-order valence-corrected chi connectivity index (χ2v) is 5.67. The molecule has 0 aliphatic carbocycles. The lowest BCUT2D eigenvalue weighted by Crippen LogP contribution is -2.02. The van der Waals surface area contributed by atoms with Gasteiger partial charge in [-0.3, -0.25) is 0 Å². The molecule has 2 N–H and O–H groups in total. The fourth-order valence-corrected chi connectivity index (χ4v) is 2.91. The lowest BCUT2D eigenvalue weighted by Gasteiger charge is -2.17. The smallest absolute Gasteiger partial charge is 0.161 e. The molecule has 2 aromatic rings. The Balaban J connectivity index is 2.62. The van der Waals surface area contributed by atoms with Crippen LogP contribution in [0.25, 0.3) is 0 Å². The Morgan fingerprint density at radius 2 is 1.20 bits per heavy atom. The highest BCUT2D eigenvalue weighted by Crippen LogP contribution is 2.39. The summed E-state index contributed by atoms with van der Waals surface area (Å²) in [5.74, 6) is 0.952. The van der Waals surface area contributed by atoms with Gasteiger partial charge in [0.15, 0.2) is 23.0 Å². The summed E-state index contributed by atoms with van der Waals surface area (Å²) in [7, 11) is 3.02. The fraction of sp³-hybridized carbons (Fsp3) is 0.238. The Labute approximate surface area is 148 Å². The SMILES string of the molecule is C=CCc1ccc(OC)c(O)c1Cc1c(CC=C)ccc(OC)c1O. The normalized spacial score (nSPS) is 10.3. The predicted molar refractivity (Wildman–Crippen MR) is 99.9 cm³/mol. The van der Waals surface area contributed by atoms with Crippen LogP contribution in [0.1, 0.15) is 22.3 Å². The lowest BCUT2D eigenvalue weighted by atomic mass is 9.92. The molecule has 0 amide bonds. The van der Waals surface area contributed by atoms with Crippen LogP contribution < -0.4 is 9.47 Å². The van der Waals surface area contributed by atoms with Gasteiger partial charge in [-0.15, -0.1) is 13.2 Å². The number of allylic oxidation sites excluding steroid dienone is 2. The predicted octanol–water partition coefficient (Wildman–Crippen LogP) is 4.16. The number of phenolic OH excluding ortho intramolecular Hbond substituents is 2. The number of aromatic hydroxyl groups is 2. The molecule has 0 fully saturated rings. The minimum absolute atomic E-state index is 0.0774. The van der Waals surface area contributed by atoms with E-state index in [9.17, 15) is 10.2 Å². The number of ether oxygens (including phenoxy) is 2. The maximum absolute atomic E-state index is 10.6. The highest BCUT2D eigenvalue weighted by molar-refractivity contribution is 5.57. The highest BCUT2D eigenvalue weighted by Gasteiger charge is 2.19. The molecule has 2 rings (SSSR count). The summed E-state index contributed by atoms with van der Waals surface area (Å²) in [4.78, 5) is 0. The summed E-state index contributed by atoms with van der Waals surface area (Å²) in [6.45, 7) is 7.55. The Bertz CT molecular complexity index is 712. The first-order chi connectivity index (χ1) is 12.1. The van der Waals surface area contributed by atoms with Crippen LogP contribution in [-0.2, 0) is 19.3 Å². The van der Waals surface area contributed by atoms with Gasteiger partial charge < -0.3 is 19.7 Å². The van der Waals surface area contributed by atoms with Crippen molar-refractivity contribution in [2.75, 3.05) is 14.2 Å². The molecule has 0 atom stereocenters. The fourth-order valence-electron chi connectivity index (χ4n) is 2.91. The van der Waals surface area contributed by atoms with Crippen molar-refractivity contribution in [3.63, 3.8) is 0 Å². The molecule has 0 aliphatic rings. The number of rotatable bonds is 8. The molecule has 25 heavy (non-hydrogen) atoms. The van der Waals surface area contributed by atoms with E-state index in [2.05, 4.69) is 13.2 Å². The third kappa shape index (κ3) is 3.79. The van der Waals surface area contributed by atoms with Gasteiger partial charge in [-0.2, -0.15) is 0 Å². The maximum Gasteiger partial charge on any atom is 0.161 e. The molecule has 0 saturated carbocycles. The van der Waals surface area contributed by atoms with Crippen molar-refractivity contribution < 1.29 is 19.7 Å². The second-order valence-electron chi connectivity index (χ2n) is 5.67. The number of hydrogen-bond acceptors (Lipinski definition) is 4. The first-order valence-electron chi connectivity index (χ1n) is 8.04. The first kappa shape index (κ1) is 18.5. The Morgan fingerprint density at radius 3 is 1.52 bits per heavy atom. The van der Waals surface area contributed by atoms with Crippen molar-refractivity contribution in [1.29, 1.82) is 0 Å². The molecule has 0 bridgehead atoms. The zero-order chi connectivity index (χ0) is 18.4. The summed E-state index contributed by atoms with van der Waals surface area (Å²) in [6, 6.07) is 7.27. The Kier molecular flexibility index (Phi) is 6.12. The van der Waals surface area contributed by atoms with Crippen LogP contribution in [0.15, 0.2) is 49.6 Å². The third-order valence-electron chi connectivity index (χ3n) is 4.21. The topological polar surface area (TPSA) is 58.9 Å². The standard InChI is InChI=1S/C21H24O4/c1-5-7-14-9-11-18(24-3)20(22)16(14)13-17-15(8-6-2)10-12-19(25-4)21(17)23/h5-6,9-12,22-23H,1-2,7-8,13H2,3-4H3. The monoisotopic (exact) mass is 340 g/mol. The van der Waals surface area contributed by atoms with E-state index in [4.69, 9.17) is 9.47 Å². The summed E-state index contributed by atoms with van der Waals surface area (Å²) in [5, 5.41) is 21.2. The molecule has 4 nitrogen and oxygen atoms in total. The zero-order valence-corrected chi connectivity index (χ0v) is 14.7. The van der Waals surface area contributed by atoms with E-state index in [1.807, 2.05) is 12.1 Å². The van der Waals surface area contributed by atoms with Crippen LogP contribution in [0.2, 0.25) is 0 Å². The summed E-state index contributed by atoms with van der Waals surface area (Å²) in [5.41, 5.74) is 3.27. The van der Waals surface area contributed by atoms with Gasteiger partial charge in [-0.1, -0.05) is 24.3 Å². The lowest BCUT2D eigenvalue weighted by molar-refractivity contribution is 0.367. The number of phenols is 2. The van der Waals surface area contributed by atoms with Gasteiger partial charge in [0, 0.05) is 17.5 Å². The molecule has 0 spiro atoms. The molecule has 0 aromatic heterocycles. The van der Waals surface area contributed by atoms with Gasteiger partial charge in [-0.05, 0) is 36.1 Å². The van der Waals surface area contributed by atoms with E-state index < -0.39 is 0 Å². The largest absolute Gasteiger partial charge is 0.504 e. The molecule has 0 saturated heterocycles. The van der Waals surface area contributed by atoms with E-state index in [1.54, 1.807) is 24.3 Å². The van der Waals surface area contributed by atoms with Gasteiger partial charge in [-0.25, -0.2) is 0 Å². The van der Waals surface area contributed by atoms with E-state index in [1.165, 1.54) is 14.2 Å². The average Bonchev–Trinajstić information content (AvgIpc) is 2.61. The molecule has 132 valence electrons. The Morgan fingerprint density at radius 1 is 0.800 bits per heavy atom. The van der Waals surface area contributed by atoms with Gasteiger partial charge >= 0.3 is 0 Å². The molecular weight excluding hydrogens is 316 g/mol. The van der Waals surface area contributed by atoms with Crippen LogP contribution >= 0.6 is 0 Å². The molecule has 0 heterocycles. The number of hydrogen-bond donors (Lipinski definition) is 2. The minimum atomic E-state index is 0.0774. The van der Waals surface area contributed by atoms with E-state index in [0.717, 1.165) is 11.1 Å². The van der Waals surface area contributed by atoms with Gasteiger partial charge in [0.1, 0.15) is 0 Å². The quantitative estimate of drug-likeness (QED) is 0.708. The molecule has 0 radical (unpaired) electrons. The van der Waals surface area contributed by atoms with Crippen LogP contribution in [0.4, 0.5) is 0 Å². The average molecular weight is 340 g/mol.